The zero-order chi connectivity index (χ0) is 26.0. The molecule has 0 fully saturated rings. The molecule has 0 bridgehead atoms. The first kappa shape index (κ1) is 28.2. The summed E-state index contributed by atoms with van der Waals surface area (Å²) in [7, 11) is -2.05. The third-order valence-electron chi connectivity index (χ3n) is 5.69. The van der Waals surface area contributed by atoms with E-state index in [1.807, 2.05) is 45.0 Å². The quantitative estimate of drug-likeness (QED) is 0.451. The minimum Gasteiger partial charge on any atom is -0.492 e. The van der Waals surface area contributed by atoms with Gasteiger partial charge in [-0.3, -0.25) is 13.9 Å². The average Bonchev–Trinajstić information content (AvgIpc) is 2.82. The van der Waals surface area contributed by atoms with Crippen molar-refractivity contribution in [1.82, 2.24) is 10.2 Å². The van der Waals surface area contributed by atoms with Gasteiger partial charge in [-0.1, -0.05) is 48.9 Å². The SMILES string of the molecule is CCOc1ccccc1N(CCCC(=O)N(Cc1ccc(C)cc1)C(CC)C(=O)NC)S(C)(=O)=O. The highest BCUT2D eigenvalue weighted by Gasteiger charge is 2.28. The van der Waals surface area contributed by atoms with Gasteiger partial charge >= 0.3 is 0 Å². The molecule has 0 aliphatic carbocycles. The normalized spacial score (nSPS) is 12.0. The first-order valence-electron chi connectivity index (χ1n) is 11.9. The third-order valence-corrected chi connectivity index (χ3v) is 6.87. The predicted molar refractivity (Wildman–Crippen MR) is 139 cm³/mol. The molecule has 2 aromatic rings. The highest BCUT2D eigenvalue weighted by molar-refractivity contribution is 7.92. The van der Waals surface area contributed by atoms with Crippen molar-refractivity contribution in [3.63, 3.8) is 0 Å². The first-order chi connectivity index (χ1) is 16.6. The van der Waals surface area contributed by atoms with Crippen LogP contribution in [0.5, 0.6) is 5.75 Å². The van der Waals surface area contributed by atoms with Gasteiger partial charge in [-0.25, -0.2) is 8.42 Å². The fourth-order valence-corrected chi connectivity index (χ4v) is 4.87. The fraction of sp³-hybridized carbons (Fsp3) is 0.462. The maximum absolute atomic E-state index is 13.3. The largest absolute Gasteiger partial charge is 0.492 e. The zero-order valence-corrected chi connectivity index (χ0v) is 22.1. The number of aryl methyl sites for hydroxylation is 1. The smallest absolute Gasteiger partial charge is 0.242 e. The molecule has 2 rings (SSSR count). The van der Waals surface area contributed by atoms with Gasteiger partial charge in [0.15, 0.2) is 0 Å². The Labute approximate surface area is 209 Å². The number of ether oxygens (including phenoxy) is 1. The summed E-state index contributed by atoms with van der Waals surface area (Å²) in [4.78, 5) is 27.4. The molecule has 1 atom stereocenters. The average molecular weight is 504 g/mol. The van der Waals surface area contributed by atoms with Crippen LogP contribution in [0.25, 0.3) is 0 Å². The van der Waals surface area contributed by atoms with E-state index in [1.165, 1.54) is 4.31 Å². The molecule has 0 aliphatic rings. The number of likely N-dealkylation sites (N-methyl/N-ethyl adjacent to an activating group) is 1. The minimum atomic E-state index is -3.60. The molecule has 1 unspecified atom stereocenters. The number of carbonyl (C=O) groups is 2. The van der Waals surface area contributed by atoms with E-state index in [4.69, 9.17) is 4.74 Å². The van der Waals surface area contributed by atoms with Crippen LogP contribution in [-0.2, 0) is 26.2 Å². The molecule has 0 radical (unpaired) electrons. The van der Waals surface area contributed by atoms with Gasteiger partial charge in [0.1, 0.15) is 11.8 Å². The van der Waals surface area contributed by atoms with Crippen molar-refractivity contribution in [2.75, 3.05) is 30.8 Å². The van der Waals surface area contributed by atoms with Crippen molar-refractivity contribution in [2.24, 2.45) is 0 Å². The van der Waals surface area contributed by atoms with Crippen LogP contribution in [-0.4, -0.2) is 57.6 Å². The van der Waals surface area contributed by atoms with E-state index in [2.05, 4.69) is 5.32 Å². The highest BCUT2D eigenvalue weighted by Crippen LogP contribution is 2.30. The number of hydrogen-bond acceptors (Lipinski definition) is 5. The predicted octanol–water partition coefficient (Wildman–Crippen LogP) is 3.49. The van der Waals surface area contributed by atoms with Crippen molar-refractivity contribution in [3.05, 3.63) is 59.7 Å². The van der Waals surface area contributed by atoms with Crippen LogP contribution >= 0.6 is 0 Å². The molecule has 0 heterocycles. The third kappa shape index (κ3) is 7.99. The highest BCUT2D eigenvalue weighted by atomic mass is 32.2. The van der Waals surface area contributed by atoms with Gasteiger partial charge in [0.05, 0.1) is 18.6 Å². The molecule has 0 aliphatic heterocycles. The van der Waals surface area contributed by atoms with Gasteiger partial charge in [0.25, 0.3) is 0 Å². The lowest BCUT2D eigenvalue weighted by Crippen LogP contribution is -2.48. The Morgan fingerprint density at radius 3 is 2.29 bits per heavy atom. The van der Waals surface area contributed by atoms with Crippen LogP contribution in [0.4, 0.5) is 5.69 Å². The Morgan fingerprint density at radius 2 is 1.71 bits per heavy atom. The van der Waals surface area contributed by atoms with Crippen LogP contribution < -0.4 is 14.4 Å². The maximum atomic E-state index is 13.3. The van der Waals surface area contributed by atoms with Crippen molar-refractivity contribution in [2.45, 2.75) is 52.6 Å². The van der Waals surface area contributed by atoms with E-state index >= 15 is 0 Å². The molecule has 0 saturated heterocycles. The topological polar surface area (TPSA) is 96.0 Å². The van der Waals surface area contributed by atoms with Crippen molar-refractivity contribution in [3.8, 4) is 5.75 Å². The van der Waals surface area contributed by atoms with Gasteiger partial charge in [0, 0.05) is 26.6 Å². The Bertz CT molecular complexity index is 1090. The van der Waals surface area contributed by atoms with E-state index in [1.54, 1.807) is 36.2 Å². The van der Waals surface area contributed by atoms with Crippen LogP contribution in [0.3, 0.4) is 0 Å². The number of para-hydroxylation sites is 2. The van der Waals surface area contributed by atoms with Gasteiger partial charge in [-0.2, -0.15) is 0 Å². The van der Waals surface area contributed by atoms with Crippen molar-refractivity contribution in [1.29, 1.82) is 0 Å². The molecule has 0 aromatic heterocycles. The molecule has 8 nitrogen and oxygen atoms in total. The van der Waals surface area contributed by atoms with E-state index in [-0.39, 0.29) is 24.8 Å². The molecule has 2 aromatic carbocycles. The van der Waals surface area contributed by atoms with E-state index in [0.29, 0.717) is 37.4 Å². The fourth-order valence-electron chi connectivity index (χ4n) is 3.90. The summed E-state index contributed by atoms with van der Waals surface area (Å²) in [6.07, 6.45) is 2.00. The number of benzene rings is 2. The summed E-state index contributed by atoms with van der Waals surface area (Å²) < 4.78 is 32.0. The molecule has 192 valence electrons. The molecule has 9 heteroatoms. The number of rotatable bonds is 13. The van der Waals surface area contributed by atoms with E-state index in [0.717, 1.165) is 17.4 Å². The molecule has 2 amide bonds. The molecule has 0 saturated carbocycles. The Hall–Kier alpha value is -3.07. The standard InChI is InChI=1S/C26H37N3O5S/c1-6-22(26(31)27-4)28(19-21-16-14-20(3)15-17-21)25(30)13-10-18-29(35(5,32)33)23-11-8-9-12-24(23)34-7-2/h8-9,11-12,14-17,22H,6-7,10,13,18-19H2,1-5H3,(H,27,31). The monoisotopic (exact) mass is 503 g/mol. The van der Waals surface area contributed by atoms with Gasteiger partial charge in [-0.15, -0.1) is 0 Å². The second-order valence-electron chi connectivity index (χ2n) is 8.38. The van der Waals surface area contributed by atoms with Gasteiger partial charge in [0.2, 0.25) is 21.8 Å². The van der Waals surface area contributed by atoms with Crippen molar-refractivity contribution < 1.29 is 22.7 Å². The number of sulfonamides is 1. The summed E-state index contributed by atoms with van der Waals surface area (Å²) in [6.45, 7) is 6.50. The zero-order valence-electron chi connectivity index (χ0n) is 21.3. The summed E-state index contributed by atoms with van der Waals surface area (Å²) in [5.74, 6) is 0.0438. The number of anilines is 1. The summed E-state index contributed by atoms with van der Waals surface area (Å²) in [6, 6.07) is 14.2. The maximum Gasteiger partial charge on any atom is 0.242 e. The Morgan fingerprint density at radius 1 is 1.06 bits per heavy atom. The van der Waals surface area contributed by atoms with Crippen LogP contribution in [0.15, 0.2) is 48.5 Å². The number of nitrogens with zero attached hydrogens (tertiary/aromatic N) is 2. The van der Waals surface area contributed by atoms with Crippen LogP contribution in [0.1, 0.15) is 44.2 Å². The molecule has 0 spiro atoms. The summed E-state index contributed by atoms with van der Waals surface area (Å²) >= 11 is 0. The van der Waals surface area contributed by atoms with Crippen molar-refractivity contribution >= 4 is 27.5 Å². The molecular weight excluding hydrogens is 466 g/mol. The van der Waals surface area contributed by atoms with E-state index < -0.39 is 16.1 Å². The van der Waals surface area contributed by atoms with Crippen LogP contribution in [0.2, 0.25) is 0 Å². The number of nitrogens with one attached hydrogen (secondary N) is 1. The summed E-state index contributed by atoms with van der Waals surface area (Å²) in [5, 5.41) is 2.65. The molecule has 1 N–H and O–H groups in total. The second-order valence-corrected chi connectivity index (χ2v) is 10.3. The summed E-state index contributed by atoms with van der Waals surface area (Å²) in [5.41, 5.74) is 2.48. The Balaban J connectivity index is 2.21. The first-order valence-corrected chi connectivity index (χ1v) is 13.7. The molecule has 35 heavy (non-hydrogen) atoms. The lowest BCUT2D eigenvalue weighted by Gasteiger charge is -2.31. The number of hydrogen-bond donors (Lipinski definition) is 1. The molecular formula is C26H37N3O5S. The minimum absolute atomic E-state index is 0.0994. The number of amides is 2. The lowest BCUT2D eigenvalue weighted by atomic mass is 10.1. The lowest BCUT2D eigenvalue weighted by molar-refractivity contribution is -0.141. The Kier molecular flexibility index (Phi) is 10.6. The van der Waals surface area contributed by atoms with Gasteiger partial charge < -0.3 is 15.0 Å². The van der Waals surface area contributed by atoms with Gasteiger partial charge in [-0.05, 0) is 44.4 Å². The second kappa shape index (κ2) is 13.1. The number of carbonyl (C=O) groups excluding carboxylic acids is 2. The van der Waals surface area contributed by atoms with Crippen LogP contribution in [0, 0.1) is 6.92 Å². The van der Waals surface area contributed by atoms with E-state index in [9.17, 15) is 18.0 Å².